The molecule has 1 aromatic rings. The van der Waals surface area contributed by atoms with Crippen LogP contribution in [0.4, 0.5) is 26.3 Å². The summed E-state index contributed by atoms with van der Waals surface area (Å²) < 4.78 is 96.8. The number of hydrogen-bond donors (Lipinski definition) is 0. The summed E-state index contributed by atoms with van der Waals surface area (Å²) in [6.45, 7) is 5.24. The van der Waals surface area contributed by atoms with Crippen LogP contribution in [0.25, 0.3) is 0 Å². The van der Waals surface area contributed by atoms with Gasteiger partial charge in [-0.2, -0.15) is 26.3 Å². The molecule has 4 saturated carbocycles. The van der Waals surface area contributed by atoms with Gasteiger partial charge < -0.3 is 14.2 Å². The highest BCUT2D eigenvalue weighted by molar-refractivity contribution is 5.89. The van der Waals surface area contributed by atoms with E-state index in [1.165, 1.54) is 0 Å². The van der Waals surface area contributed by atoms with E-state index in [1.54, 1.807) is 0 Å². The molecule has 0 heterocycles. The molecule has 0 aliphatic heterocycles. The molecule has 4 aliphatic rings. The Kier molecular flexibility index (Phi) is 4.91. The van der Waals surface area contributed by atoms with Crippen molar-refractivity contribution in [2.24, 2.45) is 29.1 Å². The van der Waals surface area contributed by atoms with Crippen molar-refractivity contribution < 1.29 is 50.1 Å². The lowest BCUT2D eigenvalue weighted by molar-refractivity contribution is -0.182. The quantitative estimate of drug-likeness (QED) is 0.220. The number of carbonyl (C=O) groups is 2. The molecular formula is C24H22F6O5. The van der Waals surface area contributed by atoms with E-state index in [1.807, 2.05) is 6.92 Å². The zero-order chi connectivity index (χ0) is 25.7. The number of alkyl halides is 6. The van der Waals surface area contributed by atoms with E-state index in [0.29, 0.717) is 11.8 Å². The van der Waals surface area contributed by atoms with Crippen LogP contribution in [0.1, 0.15) is 44.2 Å². The van der Waals surface area contributed by atoms with Crippen molar-refractivity contribution in [1.29, 1.82) is 0 Å². The third-order valence-electron chi connectivity index (χ3n) is 8.26. The van der Waals surface area contributed by atoms with Crippen LogP contribution in [0.15, 0.2) is 24.3 Å². The smallest absolute Gasteiger partial charge is 0.420 e. The first-order valence-electron chi connectivity index (χ1n) is 11.1. The Balaban J connectivity index is 1.36. The van der Waals surface area contributed by atoms with Gasteiger partial charge in [-0.15, -0.1) is 0 Å². The van der Waals surface area contributed by atoms with Gasteiger partial charge in [0.2, 0.25) is 0 Å². The number of ether oxygens (including phenoxy) is 3. The van der Waals surface area contributed by atoms with Crippen LogP contribution in [0.2, 0.25) is 0 Å². The molecule has 0 bridgehead atoms. The van der Waals surface area contributed by atoms with E-state index >= 15 is 0 Å². The van der Waals surface area contributed by atoms with E-state index < -0.39 is 64.7 Å². The molecule has 5 rings (SSSR count). The van der Waals surface area contributed by atoms with Crippen molar-refractivity contribution in [2.75, 3.05) is 6.61 Å². The summed E-state index contributed by atoms with van der Waals surface area (Å²) in [6.07, 6.45) is -7.57. The number of rotatable bonds is 6. The third-order valence-corrected chi connectivity index (χ3v) is 8.26. The molecule has 0 amide bonds. The second-order valence-corrected chi connectivity index (χ2v) is 10.3. The molecule has 6 unspecified atom stereocenters. The highest BCUT2D eigenvalue weighted by atomic mass is 19.4. The van der Waals surface area contributed by atoms with Crippen LogP contribution in [0.3, 0.4) is 0 Å². The van der Waals surface area contributed by atoms with Gasteiger partial charge in [0.15, 0.2) is 12.4 Å². The molecule has 5 nitrogen and oxygen atoms in total. The number of benzene rings is 1. The minimum atomic E-state index is -5.32. The van der Waals surface area contributed by atoms with Crippen molar-refractivity contribution >= 4 is 11.9 Å². The van der Waals surface area contributed by atoms with E-state index in [2.05, 4.69) is 11.3 Å². The Morgan fingerprint density at radius 2 is 1.69 bits per heavy atom. The number of carbonyl (C=O) groups excluding carboxylic acids is 2. The predicted octanol–water partition coefficient (Wildman–Crippen LogP) is 5.56. The molecule has 4 aliphatic carbocycles. The summed E-state index contributed by atoms with van der Waals surface area (Å²) >= 11 is 0. The monoisotopic (exact) mass is 504 g/mol. The summed E-state index contributed by atoms with van der Waals surface area (Å²) in [5.74, 6) is -3.19. The fraction of sp³-hybridized carbons (Fsp3) is 0.583. The van der Waals surface area contributed by atoms with Crippen LogP contribution < -0.4 is 9.47 Å². The minimum Gasteiger partial charge on any atom is -0.482 e. The lowest BCUT2D eigenvalue weighted by Crippen LogP contribution is -2.55. The van der Waals surface area contributed by atoms with Crippen LogP contribution in [-0.2, 0) is 26.7 Å². The van der Waals surface area contributed by atoms with Crippen molar-refractivity contribution in [2.45, 2.75) is 51.1 Å². The summed E-state index contributed by atoms with van der Waals surface area (Å²) in [4.78, 5) is 24.2. The third kappa shape index (κ3) is 3.52. The van der Waals surface area contributed by atoms with Gasteiger partial charge in [-0.1, -0.05) is 6.58 Å². The first kappa shape index (κ1) is 24.0. The second kappa shape index (κ2) is 7.16. The number of halogens is 6. The first-order chi connectivity index (χ1) is 16.1. The summed E-state index contributed by atoms with van der Waals surface area (Å²) in [6, 6.07) is 0.515. The van der Waals surface area contributed by atoms with Gasteiger partial charge in [0.05, 0.1) is 0 Å². The molecule has 35 heavy (non-hydrogen) atoms. The predicted molar refractivity (Wildman–Crippen MR) is 107 cm³/mol. The minimum absolute atomic E-state index is 0.236. The van der Waals surface area contributed by atoms with Crippen LogP contribution in [0.5, 0.6) is 11.5 Å². The van der Waals surface area contributed by atoms with Gasteiger partial charge in [0, 0.05) is 17.4 Å². The second-order valence-electron chi connectivity index (χ2n) is 10.3. The Bertz CT molecular complexity index is 1100. The summed E-state index contributed by atoms with van der Waals surface area (Å²) in [7, 11) is 0. The zero-order valence-corrected chi connectivity index (χ0v) is 18.8. The molecule has 0 saturated heterocycles. The van der Waals surface area contributed by atoms with Gasteiger partial charge in [-0.3, -0.25) is 0 Å². The average molecular weight is 504 g/mol. The Morgan fingerprint density at radius 1 is 1.09 bits per heavy atom. The molecule has 1 spiro atoms. The normalized spacial score (nSPS) is 34.1. The van der Waals surface area contributed by atoms with Crippen LogP contribution in [-0.4, -0.2) is 24.1 Å². The Labute approximate surface area is 196 Å². The first-order valence-corrected chi connectivity index (χ1v) is 11.1. The molecule has 6 atom stereocenters. The maximum atomic E-state index is 13.6. The van der Waals surface area contributed by atoms with Crippen LogP contribution >= 0.6 is 0 Å². The topological polar surface area (TPSA) is 61.8 Å². The van der Waals surface area contributed by atoms with Crippen LogP contribution in [0, 0.1) is 29.1 Å². The van der Waals surface area contributed by atoms with E-state index in [-0.39, 0.29) is 29.4 Å². The van der Waals surface area contributed by atoms with Crippen molar-refractivity contribution in [1.82, 2.24) is 0 Å². The maximum absolute atomic E-state index is 13.6. The van der Waals surface area contributed by atoms with Gasteiger partial charge in [0.1, 0.15) is 22.5 Å². The SMILES string of the molecule is C=C(C)C(=O)Oc1c(C(F)(F)F)cc(OCC(=O)OC2(C)C3CC4CC5(CC52)C43)cc1C(F)(F)F. The van der Waals surface area contributed by atoms with Crippen molar-refractivity contribution in [3.8, 4) is 11.5 Å². The fourth-order valence-corrected chi connectivity index (χ4v) is 6.79. The van der Waals surface area contributed by atoms with Gasteiger partial charge in [-0.25, -0.2) is 9.59 Å². The van der Waals surface area contributed by atoms with Crippen molar-refractivity contribution in [3.63, 3.8) is 0 Å². The number of esters is 2. The van der Waals surface area contributed by atoms with E-state index in [9.17, 15) is 35.9 Å². The zero-order valence-electron chi connectivity index (χ0n) is 18.8. The molecule has 11 heteroatoms. The van der Waals surface area contributed by atoms with Gasteiger partial charge >= 0.3 is 24.3 Å². The Hall–Kier alpha value is -2.72. The Morgan fingerprint density at radius 3 is 2.17 bits per heavy atom. The average Bonchev–Trinajstić information content (AvgIpc) is 3.44. The molecule has 0 N–H and O–H groups in total. The summed E-state index contributed by atoms with van der Waals surface area (Å²) in [5.41, 5.74) is -4.56. The molecule has 0 aromatic heterocycles. The van der Waals surface area contributed by atoms with E-state index in [0.717, 1.165) is 26.2 Å². The molecule has 1 aromatic carbocycles. The van der Waals surface area contributed by atoms with Gasteiger partial charge in [-0.05, 0) is 62.5 Å². The highest BCUT2D eigenvalue weighted by Crippen LogP contribution is 2.88. The molecule has 0 radical (unpaired) electrons. The molecule has 4 fully saturated rings. The van der Waals surface area contributed by atoms with E-state index in [4.69, 9.17) is 9.47 Å². The highest BCUT2D eigenvalue weighted by Gasteiger charge is 2.86. The number of hydrogen-bond acceptors (Lipinski definition) is 5. The lowest BCUT2D eigenvalue weighted by Gasteiger charge is -2.58. The molecular weight excluding hydrogens is 482 g/mol. The lowest BCUT2D eigenvalue weighted by atomic mass is 9.47. The maximum Gasteiger partial charge on any atom is 0.420 e. The summed E-state index contributed by atoms with van der Waals surface area (Å²) in [5, 5.41) is 0. The standard InChI is InChI=1S/C24H22F6O5/c1-10(2)20(32)34-19-14(23(25,26)27)5-12(6-15(19)24(28,29)30)33-9-17(31)35-21(3)13-4-11-7-22(18(11)13)8-16(21)22/h5-6,11,13,16,18H,1,4,7-9H2,2-3H3. The van der Waals surface area contributed by atoms with Crippen molar-refractivity contribution in [3.05, 3.63) is 35.4 Å². The van der Waals surface area contributed by atoms with Gasteiger partial charge in [0.25, 0.3) is 0 Å². The largest absolute Gasteiger partial charge is 0.482 e. The fourth-order valence-electron chi connectivity index (χ4n) is 6.79. The molecule has 190 valence electrons.